The lowest BCUT2D eigenvalue weighted by atomic mass is 9.70. The number of hydrogen-bond acceptors (Lipinski definition) is 10. The highest BCUT2D eigenvalue weighted by atomic mass is 16.6. The van der Waals surface area contributed by atoms with Gasteiger partial charge in [-0.1, -0.05) is 87.3 Å². The number of esters is 5. The third kappa shape index (κ3) is 18.3. The summed E-state index contributed by atoms with van der Waals surface area (Å²) in [6, 6.07) is 0. The maximum Gasteiger partial charge on any atom is 0.333 e. The number of hydrogen-bond donors (Lipinski definition) is 0. The van der Waals surface area contributed by atoms with Crippen molar-refractivity contribution in [1.82, 2.24) is 0 Å². The zero-order valence-corrected chi connectivity index (χ0v) is 49.9. The number of rotatable bonds is 9. The van der Waals surface area contributed by atoms with E-state index in [1.165, 1.54) is 67.3 Å². The summed E-state index contributed by atoms with van der Waals surface area (Å²) in [5.41, 5.74) is 3.17. The first kappa shape index (κ1) is 65.3. The molecular formula is C65H106O10. The molecule has 0 heterocycles. The molecule has 9 aliphatic carbocycles. The fraction of sp³-hybridized carbons (Fsp3) is 0.769. The van der Waals surface area contributed by atoms with Crippen LogP contribution in [0.5, 0.6) is 0 Å². The number of ether oxygens (including phenoxy) is 5. The molecule has 9 aliphatic rings. The van der Waals surface area contributed by atoms with E-state index in [2.05, 4.69) is 88.6 Å². The smallest absolute Gasteiger partial charge is 0.333 e. The average Bonchev–Trinajstić information content (AvgIpc) is 4.23. The molecule has 9 fully saturated rings. The van der Waals surface area contributed by atoms with Crippen molar-refractivity contribution >= 4 is 29.8 Å². The number of carbonyl (C=O) groups is 5. The van der Waals surface area contributed by atoms with Crippen LogP contribution in [0.2, 0.25) is 0 Å². The Morgan fingerprint density at radius 2 is 0.840 bits per heavy atom. The van der Waals surface area contributed by atoms with E-state index in [4.69, 9.17) is 9.47 Å². The summed E-state index contributed by atoms with van der Waals surface area (Å²) in [5.74, 6) is 9.63. The lowest BCUT2D eigenvalue weighted by Gasteiger charge is -2.38. The molecule has 11 unspecified atom stereocenters. The molecule has 0 saturated heterocycles. The van der Waals surface area contributed by atoms with E-state index in [0.717, 1.165) is 38.0 Å². The topological polar surface area (TPSA) is 132 Å². The van der Waals surface area contributed by atoms with Crippen molar-refractivity contribution in [2.24, 2.45) is 75.4 Å². The Labute approximate surface area is 456 Å². The Kier molecular flexibility index (Phi) is 25.9. The third-order valence-electron chi connectivity index (χ3n) is 19.3. The van der Waals surface area contributed by atoms with Crippen molar-refractivity contribution in [3.63, 3.8) is 0 Å². The molecule has 0 radical (unpaired) electrons. The largest absolute Gasteiger partial charge is 0.466 e. The normalized spacial score (nSPS) is 31.9. The Morgan fingerprint density at radius 1 is 0.480 bits per heavy atom. The second kappa shape index (κ2) is 29.7. The summed E-state index contributed by atoms with van der Waals surface area (Å²) in [6.45, 7) is 43.8. The summed E-state index contributed by atoms with van der Waals surface area (Å²) >= 11 is 0. The molecule has 0 aromatic rings. The second-order valence-electron chi connectivity index (χ2n) is 25.8. The van der Waals surface area contributed by atoms with Gasteiger partial charge in [-0.25, -0.2) is 24.0 Å². The molecule has 0 N–H and O–H groups in total. The first-order chi connectivity index (χ1) is 35.0. The summed E-state index contributed by atoms with van der Waals surface area (Å²) < 4.78 is 24.4. The van der Waals surface area contributed by atoms with Gasteiger partial charge in [0.1, 0.15) is 12.2 Å². The van der Waals surface area contributed by atoms with E-state index in [0.29, 0.717) is 57.8 Å². The highest BCUT2D eigenvalue weighted by Gasteiger charge is 2.63. The molecule has 0 spiro atoms. The van der Waals surface area contributed by atoms with Gasteiger partial charge >= 0.3 is 29.8 Å². The van der Waals surface area contributed by atoms with Crippen molar-refractivity contribution in [3.8, 4) is 0 Å². The van der Waals surface area contributed by atoms with Gasteiger partial charge in [-0.05, 0) is 228 Å². The summed E-state index contributed by atoms with van der Waals surface area (Å²) in [4.78, 5) is 54.0. The summed E-state index contributed by atoms with van der Waals surface area (Å²) in [6.07, 6.45) is 27.1. The van der Waals surface area contributed by atoms with Crippen LogP contribution in [0.15, 0.2) is 60.8 Å². The predicted molar refractivity (Wildman–Crippen MR) is 303 cm³/mol. The number of carbonyl (C=O) groups excluding carboxylic acids is 5. The Balaban J connectivity index is 0.000000236. The van der Waals surface area contributed by atoms with Crippen molar-refractivity contribution in [3.05, 3.63) is 60.8 Å². The standard InChI is InChI=1S/C14H22O2.C14H24O2.2C10H16.2C6H10O2.C5H8O2/c1-9(2)12(15)16-11-8-10-6-7-14(11,5)13(10,3)4;1-10(2)13(15)16-12-8-6-11(7-9-12)14(3,4)5;2*1-2-9-7-4-5-8(6-7)10(9)3-1;2*1-4-8-6(7)5(2)3;1-4(2)5(6)7-3/h10-11H,1,6-8H2,2-5H3;11-12H,1,6-9H2,2-5H3;2*7-10H,1-6H2;2*2,4H2,1,3H3;1H2,2-3H3. The average molecular weight is 1050 g/mol. The van der Waals surface area contributed by atoms with E-state index in [9.17, 15) is 24.0 Å². The van der Waals surface area contributed by atoms with Crippen LogP contribution >= 0.6 is 0 Å². The molecule has 11 atom stereocenters. The third-order valence-corrected chi connectivity index (χ3v) is 19.3. The van der Waals surface area contributed by atoms with Gasteiger partial charge in [0.2, 0.25) is 0 Å². The molecule has 10 heteroatoms. The van der Waals surface area contributed by atoms with Gasteiger partial charge in [-0.15, -0.1) is 0 Å². The van der Waals surface area contributed by atoms with Crippen LogP contribution in [0.1, 0.15) is 212 Å². The Bertz CT molecular complexity index is 1880. The lowest BCUT2D eigenvalue weighted by Crippen LogP contribution is -2.38. The highest BCUT2D eigenvalue weighted by molar-refractivity contribution is 5.88. The minimum atomic E-state index is -0.347. The van der Waals surface area contributed by atoms with Crippen LogP contribution < -0.4 is 0 Å². The fourth-order valence-electron chi connectivity index (χ4n) is 14.6. The minimum Gasteiger partial charge on any atom is -0.466 e. The first-order valence-corrected chi connectivity index (χ1v) is 29.2. The second-order valence-corrected chi connectivity index (χ2v) is 25.8. The predicted octanol–water partition coefficient (Wildman–Crippen LogP) is 15.7. The molecule has 6 bridgehead atoms. The van der Waals surface area contributed by atoms with Crippen LogP contribution in [0.4, 0.5) is 0 Å². The quantitative estimate of drug-likeness (QED) is 0.125. The van der Waals surface area contributed by atoms with Gasteiger partial charge in [0.25, 0.3) is 0 Å². The molecule has 75 heavy (non-hydrogen) atoms. The Morgan fingerprint density at radius 3 is 1.09 bits per heavy atom. The zero-order chi connectivity index (χ0) is 56.6. The molecule has 10 nitrogen and oxygen atoms in total. The van der Waals surface area contributed by atoms with Crippen molar-refractivity contribution in [1.29, 1.82) is 0 Å². The molecule has 0 amide bonds. The van der Waals surface area contributed by atoms with Crippen molar-refractivity contribution in [2.75, 3.05) is 20.3 Å². The van der Waals surface area contributed by atoms with Crippen LogP contribution in [0.3, 0.4) is 0 Å². The summed E-state index contributed by atoms with van der Waals surface area (Å²) in [5, 5.41) is 0. The minimum absolute atomic E-state index is 0.0884. The zero-order valence-electron chi connectivity index (χ0n) is 49.9. The molecule has 0 aliphatic heterocycles. The number of methoxy groups -OCH3 is 1. The summed E-state index contributed by atoms with van der Waals surface area (Å²) in [7, 11) is 1.33. The van der Waals surface area contributed by atoms with Crippen molar-refractivity contribution < 1.29 is 47.7 Å². The first-order valence-electron chi connectivity index (χ1n) is 29.2. The van der Waals surface area contributed by atoms with Gasteiger partial charge < -0.3 is 23.7 Å². The van der Waals surface area contributed by atoms with Crippen LogP contribution in [-0.2, 0) is 47.7 Å². The molecule has 426 valence electrons. The maximum absolute atomic E-state index is 11.6. The van der Waals surface area contributed by atoms with Gasteiger partial charge in [0, 0.05) is 33.3 Å². The van der Waals surface area contributed by atoms with Gasteiger partial charge in [-0.3, -0.25) is 0 Å². The van der Waals surface area contributed by atoms with E-state index in [1.807, 2.05) is 0 Å². The van der Waals surface area contributed by atoms with Gasteiger partial charge in [0.05, 0.1) is 20.3 Å². The molecule has 9 saturated carbocycles. The lowest BCUT2D eigenvalue weighted by molar-refractivity contribution is -0.152. The van der Waals surface area contributed by atoms with E-state index >= 15 is 0 Å². The molecule has 9 rings (SSSR count). The monoisotopic (exact) mass is 1050 g/mol. The van der Waals surface area contributed by atoms with E-state index < -0.39 is 0 Å². The van der Waals surface area contributed by atoms with Crippen molar-refractivity contribution in [2.45, 2.75) is 224 Å². The van der Waals surface area contributed by atoms with E-state index in [1.54, 1.807) is 126 Å². The maximum atomic E-state index is 11.6. The fourth-order valence-corrected chi connectivity index (χ4v) is 14.6. The number of fused-ring (bicyclic) bond motifs is 12. The Hall–Kier alpha value is -3.95. The van der Waals surface area contributed by atoms with Gasteiger partial charge in [0.15, 0.2) is 0 Å². The van der Waals surface area contributed by atoms with Gasteiger partial charge in [-0.2, -0.15) is 0 Å². The van der Waals surface area contributed by atoms with E-state index in [-0.39, 0.29) is 47.5 Å². The van der Waals surface area contributed by atoms with Crippen LogP contribution in [0, 0.1) is 75.4 Å². The SMILES string of the molecule is C1CC2C3CCC(C3)C2C1.C1CC2C3CCC(C3)C2C1.C=C(C)C(=O)OC.C=C(C)C(=O)OC1CC2CCC1(C)C2(C)C.C=C(C)C(=O)OC1CCC(C(C)(C)C)CC1.C=C(C)C(=O)OCC.C=C(C)C(=O)OCC. The molecular weight excluding hydrogens is 941 g/mol. The highest BCUT2D eigenvalue weighted by Crippen LogP contribution is 2.66. The van der Waals surface area contributed by atoms with Crippen LogP contribution in [-0.4, -0.2) is 62.4 Å². The van der Waals surface area contributed by atoms with Crippen LogP contribution in [0.25, 0.3) is 0 Å². The molecule has 0 aromatic carbocycles. The molecule has 0 aromatic heterocycles.